The molecule has 0 amide bonds. The molecule has 0 radical (unpaired) electrons. The van der Waals surface area contributed by atoms with Crippen molar-refractivity contribution in [2.24, 2.45) is 0 Å². The number of aromatic nitrogens is 2. The molecule has 106 valence electrons. The van der Waals surface area contributed by atoms with E-state index in [1.165, 1.54) is 10.7 Å². The Balaban J connectivity index is 2.04. The standard InChI is InChI=1S/C14H16N2O4/c1-3-16-13(14(17)18)8-10(15-16)9-20-12-6-4-11(19-2)5-7-12/h4-8H,3,9H2,1-2H3,(H,17,18). The molecular weight excluding hydrogens is 260 g/mol. The molecular formula is C14H16N2O4. The number of carbonyl (C=O) groups is 1. The zero-order valence-corrected chi connectivity index (χ0v) is 11.4. The van der Waals surface area contributed by atoms with E-state index >= 15 is 0 Å². The van der Waals surface area contributed by atoms with Crippen LogP contribution in [0.4, 0.5) is 0 Å². The highest BCUT2D eigenvalue weighted by molar-refractivity contribution is 5.85. The number of hydrogen-bond acceptors (Lipinski definition) is 4. The summed E-state index contributed by atoms with van der Waals surface area (Å²) in [6, 6.07) is 8.68. The van der Waals surface area contributed by atoms with E-state index in [2.05, 4.69) is 5.10 Å². The molecule has 1 N–H and O–H groups in total. The van der Waals surface area contributed by atoms with Crippen LogP contribution >= 0.6 is 0 Å². The predicted octanol–water partition coefficient (Wildman–Crippen LogP) is 2.19. The van der Waals surface area contributed by atoms with Crippen LogP contribution in [0.15, 0.2) is 30.3 Å². The number of methoxy groups -OCH3 is 1. The maximum atomic E-state index is 11.0. The smallest absolute Gasteiger partial charge is 0.354 e. The Labute approximate surface area is 116 Å². The average Bonchev–Trinajstić information content (AvgIpc) is 2.89. The van der Waals surface area contributed by atoms with Gasteiger partial charge < -0.3 is 14.6 Å². The summed E-state index contributed by atoms with van der Waals surface area (Å²) in [6.07, 6.45) is 0. The molecule has 0 saturated heterocycles. The molecule has 0 fully saturated rings. The van der Waals surface area contributed by atoms with Crippen LogP contribution < -0.4 is 9.47 Å². The van der Waals surface area contributed by atoms with Crippen LogP contribution in [-0.2, 0) is 13.2 Å². The highest BCUT2D eigenvalue weighted by atomic mass is 16.5. The molecule has 6 nitrogen and oxygen atoms in total. The second kappa shape index (κ2) is 6.10. The fraction of sp³-hybridized carbons (Fsp3) is 0.286. The van der Waals surface area contributed by atoms with Crippen molar-refractivity contribution in [2.45, 2.75) is 20.1 Å². The lowest BCUT2D eigenvalue weighted by Gasteiger charge is -2.05. The van der Waals surface area contributed by atoms with Gasteiger partial charge in [0.15, 0.2) is 0 Å². The molecule has 0 unspecified atom stereocenters. The van der Waals surface area contributed by atoms with Gasteiger partial charge >= 0.3 is 5.97 Å². The van der Waals surface area contributed by atoms with Crippen molar-refractivity contribution >= 4 is 5.97 Å². The number of nitrogens with zero attached hydrogens (tertiary/aromatic N) is 2. The molecule has 1 aromatic heterocycles. The van der Waals surface area contributed by atoms with E-state index in [0.717, 1.165) is 5.75 Å². The quantitative estimate of drug-likeness (QED) is 0.875. The number of rotatable bonds is 6. The molecule has 0 aliphatic rings. The molecule has 20 heavy (non-hydrogen) atoms. The van der Waals surface area contributed by atoms with Crippen molar-refractivity contribution in [3.63, 3.8) is 0 Å². The van der Waals surface area contributed by atoms with Crippen molar-refractivity contribution in [3.8, 4) is 11.5 Å². The minimum atomic E-state index is -0.991. The van der Waals surface area contributed by atoms with Crippen molar-refractivity contribution in [2.75, 3.05) is 7.11 Å². The zero-order valence-electron chi connectivity index (χ0n) is 11.4. The summed E-state index contributed by atoms with van der Waals surface area (Å²) < 4.78 is 12.1. The highest BCUT2D eigenvalue weighted by Gasteiger charge is 2.13. The lowest BCUT2D eigenvalue weighted by molar-refractivity contribution is 0.0683. The molecule has 0 aliphatic carbocycles. The van der Waals surface area contributed by atoms with Crippen LogP contribution in [0.1, 0.15) is 23.1 Å². The molecule has 0 aliphatic heterocycles. The van der Waals surface area contributed by atoms with E-state index in [1.807, 2.05) is 6.92 Å². The molecule has 0 bridgehead atoms. The summed E-state index contributed by atoms with van der Waals surface area (Å²) in [5.41, 5.74) is 0.751. The summed E-state index contributed by atoms with van der Waals surface area (Å²) in [5.74, 6) is 0.435. The Morgan fingerprint density at radius 1 is 1.30 bits per heavy atom. The van der Waals surface area contributed by atoms with Crippen molar-refractivity contribution < 1.29 is 19.4 Å². The van der Waals surface area contributed by atoms with Crippen LogP contribution in [0, 0.1) is 0 Å². The lowest BCUT2D eigenvalue weighted by Crippen LogP contribution is -2.08. The molecule has 0 spiro atoms. The number of aromatic carboxylic acids is 1. The molecule has 1 aromatic carbocycles. The van der Waals surface area contributed by atoms with Crippen molar-refractivity contribution in [1.82, 2.24) is 9.78 Å². The van der Waals surface area contributed by atoms with Crippen LogP contribution in [-0.4, -0.2) is 28.0 Å². The van der Waals surface area contributed by atoms with Crippen LogP contribution in [0.3, 0.4) is 0 Å². The Morgan fingerprint density at radius 2 is 1.95 bits per heavy atom. The number of carboxylic acids is 1. The van der Waals surface area contributed by atoms with E-state index < -0.39 is 5.97 Å². The van der Waals surface area contributed by atoms with Gasteiger partial charge in [-0.25, -0.2) is 4.79 Å². The third-order valence-corrected chi connectivity index (χ3v) is 2.80. The van der Waals surface area contributed by atoms with Gasteiger partial charge in [-0.15, -0.1) is 0 Å². The number of ether oxygens (including phenoxy) is 2. The number of hydrogen-bond donors (Lipinski definition) is 1. The maximum Gasteiger partial charge on any atom is 0.354 e. The predicted molar refractivity (Wildman–Crippen MR) is 72.2 cm³/mol. The topological polar surface area (TPSA) is 73.6 Å². The first kappa shape index (κ1) is 13.9. The number of aryl methyl sites for hydroxylation is 1. The van der Waals surface area contributed by atoms with E-state index in [-0.39, 0.29) is 12.3 Å². The first-order chi connectivity index (χ1) is 9.63. The van der Waals surface area contributed by atoms with Gasteiger partial charge in [-0.05, 0) is 37.3 Å². The fourth-order valence-corrected chi connectivity index (χ4v) is 1.78. The highest BCUT2D eigenvalue weighted by Crippen LogP contribution is 2.18. The summed E-state index contributed by atoms with van der Waals surface area (Å²) in [7, 11) is 1.60. The number of benzene rings is 1. The monoisotopic (exact) mass is 276 g/mol. The molecule has 0 saturated carbocycles. The minimum Gasteiger partial charge on any atom is -0.497 e. The summed E-state index contributed by atoms with van der Waals surface area (Å²) in [4.78, 5) is 11.0. The maximum absolute atomic E-state index is 11.0. The molecule has 6 heteroatoms. The van der Waals surface area contributed by atoms with Crippen molar-refractivity contribution in [3.05, 3.63) is 41.7 Å². The lowest BCUT2D eigenvalue weighted by atomic mass is 10.3. The van der Waals surface area contributed by atoms with Gasteiger partial charge in [-0.1, -0.05) is 0 Å². The summed E-state index contributed by atoms with van der Waals surface area (Å²) >= 11 is 0. The van der Waals surface area contributed by atoms with E-state index in [1.54, 1.807) is 31.4 Å². The van der Waals surface area contributed by atoms with Gasteiger partial charge in [0.25, 0.3) is 0 Å². The first-order valence-electron chi connectivity index (χ1n) is 6.21. The van der Waals surface area contributed by atoms with Gasteiger partial charge in [0.1, 0.15) is 29.5 Å². The van der Waals surface area contributed by atoms with E-state index in [0.29, 0.717) is 18.0 Å². The normalized spacial score (nSPS) is 10.3. The zero-order chi connectivity index (χ0) is 14.5. The average molecular weight is 276 g/mol. The second-order valence-electron chi connectivity index (χ2n) is 4.11. The Hall–Kier alpha value is -2.50. The molecule has 0 atom stereocenters. The van der Waals surface area contributed by atoms with Crippen molar-refractivity contribution in [1.29, 1.82) is 0 Å². The van der Waals surface area contributed by atoms with E-state index in [9.17, 15) is 4.79 Å². The largest absolute Gasteiger partial charge is 0.497 e. The number of carboxylic acid groups (broad SMARTS) is 1. The summed E-state index contributed by atoms with van der Waals surface area (Å²) in [5, 5.41) is 13.2. The Bertz CT molecular complexity index is 590. The van der Waals surface area contributed by atoms with Gasteiger partial charge in [0.2, 0.25) is 0 Å². The third-order valence-electron chi connectivity index (χ3n) is 2.80. The first-order valence-corrected chi connectivity index (χ1v) is 6.21. The van der Waals surface area contributed by atoms with E-state index in [4.69, 9.17) is 14.6 Å². The van der Waals surface area contributed by atoms with Crippen LogP contribution in [0.5, 0.6) is 11.5 Å². The fourth-order valence-electron chi connectivity index (χ4n) is 1.78. The van der Waals surface area contributed by atoms with Crippen LogP contribution in [0.25, 0.3) is 0 Å². The molecule has 2 aromatic rings. The summed E-state index contributed by atoms with van der Waals surface area (Å²) in [6.45, 7) is 2.57. The molecule has 2 rings (SSSR count). The van der Waals surface area contributed by atoms with Gasteiger partial charge in [-0.3, -0.25) is 4.68 Å². The second-order valence-corrected chi connectivity index (χ2v) is 4.11. The van der Waals surface area contributed by atoms with Gasteiger partial charge in [0, 0.05) is 6.54 Å². The Kier molecular flexibility index (Phi) is 4.24. The minimum absolute atomic E-state index is 0.167. The molecule has 1 heterocycles. The van der Waals surface area contributed by atoms with Gasteiger partial charge in [-0.2, -0.15) is 5.10 Å². The third kappa shape index (κ3) is 3.09. The van der Waals surface area contributed by atoms with Crippen LogP contribution in [0.2, 0.25) is 0 Å². The van der Waals surface area contributed by atoms with Gasteiger partial charge in [0.05, 0.1) is 7.11 Å². The Morgan fingerprint density at radius 3 is 2.45 bits per heavy atom. The SMILES string of the molecule is CCn1nc(COc2ccc(OC)cc2)cc1C(=O)O.